The minimum Gasteiger partial charge on any atom is -0.497 e. The van der Waals surface area contributed by atoms with Crippen molar-refractivity contribution >= 4 is 8.53 Å². The maximum absolute atomic E-state index is 11.3. The van der Waals surface area contributed by atoms with Crippen molar-refractivity contribution in [2.24, 2.45) is 5.92 Å². The average Bonchev–Trinajstić information content (AvgIpc) is 2.56. The highest BCUT2D eigenvalue weighted by Gasteiger charge is 2.41. The van der Waals surface area contributed by atoms with Crippen LogP contribution in [0.2, 0.25) is 0 Å². The van der Waals surface area contributed by atoms with Crippen LogP contribution in [0.1, 0.15) is 31.2 Å². The number of nitrogens with zero attached hydrogens (tertiary/aromatic N) is 1. The molecule has 124 valence electrons. The van der Waals surface area contributed by atoms with Crippen LogP contribution in [-0.4, -0.2) is 42.5 Å². The Hall–Kier alpha value is -0.710. The molecule has 5 nitrogen and oxygen atoms in total. The van der Waals surface area contributed by atoms with E-state index in [0.717, 1.165) is 37.0 Å². The van der Waals surface area contributed by atoms with Crippen molar-refractivity contribution in [1.29, 1.82) is 0 Å². The zero-order valence-corrected chi connectivity index (χ0v) is 14.4. The molecule has 0 amide bonds. The fraction of sp³-hybridized carbons (Fsp3) is 0.625. The molecule has 0 saturated heterocycles. The third-order valence-corrected chi connectivity index (χ3v) is 5.62. The van der Waals surface area contributed by atoms with Crippen molar-refractivity contribution in [3.63, 3.8) is 0 Å². The van der Waals surface area contributed by atoms with Crippen molar-refractivity contribution in [2.45, 2.75) is 31.3 Å². The molecule has 22 heavy (non-hydrogen) atoms. The predicted molar refractivity (Wildman–Crippen MR) is 87.6 cm³/mol. The maximum atomic E-state index is 11.3. The first-order valence-corrected chi connectivity index (χ1v) is 8.79. The zero-order valence-electron chi connectivity index (χ0n) is 13.5. The molecule has 3 unspecified atom stereocenters. The summed E-state index contributed by atoms with van der Waals surface area (Å²) in [6, 6.07) is 7.67. The maximum Gasteiger partial charge on any atom is 0.255 e. The van der Waals surface area contributed by atoms with Gasteiger partial charge in [-0.3, -0.25) is 0 Å². The van der Waals surface area contributed by atoms with Crippen molar-refractivity contribution in [1.82, 2.24) is 4.67 Å². The number of hydrogen-bond donors (Lipinski definition) is 2. The van der Waals surface area contributed by atoms with Crippen LogP contribution >= 0.6 is 8.53 Å². The first-order valence-electron chi connectivity index (χ1n) is 7.62. The molecule has 3 atom stereocenters. The van der Waals surface area contributed by atoms with E-state index in [1.165, 1.54) is 7.11 Å². The van der Waals surface area contributed by atoms with Crippen LogP contribution < -0.4 is 4.74 Å². The number of aliphatic hydroxyl groups is 1. The SMILES string of the molecule is COc1cccc(C2(O)CCCCC2CN(C)P(O)OC)c1. The molecule has 2 rings (SSSR count). The van der Waals surface area contributed by atoms with Gasteiger partial charge in [0.2, 0.25) is 0 Å². The molecular weight excluding hydrogens is 301 g/mol. The summed E-state index contributed by atoms with van der Waals surface area (Å²) in [6.45, 7) is 0.601. The summed E-state index contributed by atoms with van der Waals surface area (Å²) in [5, 5.41) is 11.3. The molecule has 0 heterocycles. The van der Waals surface area contributed by atoms with E-state index in [1.54, 1.807) is 11.8 Å². The molecule has 1 aromatic rings. The Kier molecular flexibility index (Phi) is 6.18. The predicted octanol–water partition coefficient (Wildman–Crippen LogP) is 2.87. The fourth-order valence-corrected chi connectivity index (χ4v) is 3.89. The van der Waals surface area contributed by atoms with E-state index in [-0.39, 0.29) is 5.92 Å². The lowest BCUT2D eigenvalue weighted by Crippen LogP contribution is -2.42. The van der Waals surface area contributed by atoms with Gasteiger partial charge in [0, 0.05) is 19.6 Å². The van der Waals surface area contributed by atoms with E-state index in [4.69, 9.17) is 9.26 Å². The molecule has 1 fully saturated rings. The number of hydrogen-bond acceptors (Lipinski definition) is 5. The topological polar surface area (TPSA) is 62.2 Å². The normalized spacial score (nSPS) is 26.9. The van der Waals surface area contributed by atoms with Crippen LogP contribution in [0, 0.1) is 5.92 Å². The molecule has 0 spiro atoms. The van der Waals surface area contributed by atoms with Crippen LogP contribution in [0.15, 0.2) is 24.3 Å². The average molecular weight is 327 g/mol. The Bertz CT molecular complexity index is 487. The number of benzene rings is 1. The summed E-state index contributed by atoms with van der Waals surface area (Å²) in [5.41, 5.74) is 0.00922. The molecule has 1 aliphatic carbocycles. The minimum atomic E-state index is -1.59. The number of rotatable bonds is 6. The van der Waals surface area contributed by atoms with Crippen molar-refractivity contribution in [3.8, 4) is 5.75 Å². The highest BCUT2D eigenvalue weighted by Crippen LogP contribution is 2.45. The van der Waals surface area contributed by atoms with Gasteiger partial charge in [0.1, 0.15) is 5.75 Å². The lowest BCUT2D eigenvalue weighted by molar-refractivity contribution is -0.0591. The van der Waals surface area contributed by atoms with Gasteiger partial charge in [-0.1, -0.05) is 25.0 Å². The summed E-state index contributed by atoms with van der Waals surface area (Å²) < 4.78 is 12.1. The second kappa shape index (κ2) is 7.71. The number of methoxy groups -OCH3 is 1. The first-order chi connectivity index (χ1) is 10.5. The summed E-state index contributed by atoms with van der Waals surface area (Å²) in [4.78, 5) is 9.85. The first kappa shape index (κ1) is 17.6. The van der Waals surface area contributed by atoms with E-state index < -0.39 is 14.1 Å². The molecule has 1 saturated carbocycles. The summed E-state index contributed by atoms with van der Waals surface area (Å²) in [5.74, 6) is 0.815. The Morgan fingerprint density at radius 1 is 1.36 bits per heavy atom. The molecule has 1 aromatic carbocycles. The van der Waals surface area contributed by atoms with E-state index in [9.17, 15) is 10.00 Å². The summed E-state index contributed by atoms with van der Waals surface area (Å²) in [7, 11) is 3.37. The highest BCUT2D eigenvalue weighted by molar-refractivity contribution is 7.43. The Morgan fingerprint density at radius 3 is 2.82 bits per heavy atom. The second-order valence-electron chi connectivity index (χ2n) is 5.87. The molecule has 2 N–H and O–H groups in total. The van der Waals surface area contributed by atoms with E-state index in [0.29, 0.717) is 6.54 Å². The molecule has 0 aliphatic heterocycles. The van der Waals surface area contributed by atoms with E-state index in [2.05, 4.69) is 0 Å². The third-order valence-electron chi connectivity index (χ3n) is 4.55. The molecule has 1 aliphatic rings. The van der Waals surface area contributed by atoms with Crippen LogP contribution in [0.5, 0.6) is 5.75 Å². The second-order valence-corrected chi connectivity index (χ2v) is 7.43. The van der Waals surface area contributed by atoms with Crippen molar-refractivity contribution in [2.75, 3.05) is 27.8 Å². The molecule has 6 heteroatoms. The fourth-order valence-electron chi connectivity index (χ4n) is 3.27. The van der Waals surface area contributed by atoms with Crippen LogP contribution in [-0.2, 0) is 10.1 Å². The van der Waals surface area contributed by atoms with Gasteiger partial charge in [-0.15, -0.1) is 0 Å². The lowest BCUT2D eigenvalue weighted by atomic mass is 9.71. The van der Waals surface area contributed by atoms with Crippen LogP contribution in [0.3, 0.4) is 0 Å². The Balaban J connectivity index is 2.23. The van der Waals surface area contributed by atoms with Gasteiger partial charge >= 0.3 is 0 Å². The van der Waals surface area contributed by atoms with Gasteiger partial charge < -0.3 is 19.3 Å². The molecule has 0 bridgehead atoms. The van der Waals surface area contributed by atoms with Gasteiger partial charge in [-0.2, -0.15) is 0 Å². The largest absolute Gasteiger partial charge is 0.497 e. The molecule has 0 aromatic heterocycles. The Labute approximate surface area is 133 Å². The van der Waals surface area contributed by atoms with Gasteiger partial charge in [0.05, 0.1) is 12.7 Å². The van der Waals surface area contributed by atoms with Gasteiger partial charge in [-0.25, -0.2) is 4.67 Å². The molecular formula is C16H26NO4P. The van der Waals surface area contributed by atoms with Gasteiger partial charge in [0.15, 0.2) is 0 Å². The minimum absolute atomic E-state index is 0.0608. The highest BCUT2D eigenvalue weighted by atomic mass is 31.2. The standard InChI is InChI=1S/C16H26NO4P/c1-17(22(19)21-3)12-14-7-4-5-10-16(14,18)13-8-6-9-15(11-13)20-2/h6,8-9,11,14,18-19H,4-5,7,10,12H2,1-3H3. The number of ether oxygens (including phenoxy) is 1. The van der Waals surface area contributed by atoms with Crippen molar-refractivity contribution in [3.05, 3.63) is 29.8 Å². The van der Waals surface area contributed by atoms with Crippen molar-refractivity contribution < 1.29 is 19.3 Å². The lowest BCUT2D eigenvalue weighted by Gasteiger charge is -2.42. The summed E-state index contributed by atoms with van der Waals surface area (Å²) in [6.07, 6.45) is 3.77. The smallest absolute Gasteiger partial charge is 0.255 e. The zero-order chi connectivity index (χ0) is 16.2. The van der Waals surface area contributed by atoms with Gasteiger partial charge in [-0.05, 0) is 37.6 Å². The van der Waals surface area contributed by atoms with E-state index >= 15 is 0 Å². The summed E-state index contributed by atoms with van der Waals surface area (Å²) >= 11 is 0. The van der Waals surface area contributed by atoms with E-state index in [1.807, 2.05) is 31.3 Å². The van der Waals surface area contributed by atoms with Crippen LogP contribution in [0.25, 0.3) is 0 Å². The van der Waals surface area contributed by atoms with Crippen LogP contribution in [0.4, 0.5) is 0 Å². The quantitative estimate of drug-likeness (QED) is 0.787. The third kappa shape index (κ3) is 3.79. The molecule has 0 radical (unpaired) electrons. The van der Waals surface area contributed by atoms with Gasteiger partial charge in [0.25, 0.3) is 8.53 Å². The monoisotopic (exact) mass is 327 g/mol. The Morgan fingerprint density at radius 2 is 2.14 bits per heavy atom.